The Bertz CT molecular complexity index is 954. The number of rotatable bonds is 6. The molecule has 138 valence electrons. The van der Waals surface area contributed by atoms with E-state index in [9.17, 15) is 8.42 Å². The van der Waals surface area contributed by atoms with Crippen molar-refractivity contribution >= 4 is 31.4 Å². The van der Waals surface area contributed by atoms with Crippen LogP contribution in [0.4, 0.5) is 0 Å². The topological polar surface area (TPSA) is 50.5 Å². The minimum Gasteiger partial charge on any atom is -0.468 e. The van der Waals surface area contributed by atoms with E-state index < -0.39 is 10.0 Å². The van der Waals surface area contributed by atoms with Crippen LogP contribution in [0.1, 0.15) is 43.4 Å². The fourth-order valence-electron chi connectivity index (χ4n) is 3.78. The molecule has 0 saturated heterocycles. The second-order valence-corrected chi connectivity index (χ2v) is 9.83. The van der Waals surface area contributed by atoms with Crippen LogP contribution >= 0.6 is 11.3 Å². The number of furan rings is 1. The van der Waals surface area contributed by atoms with Crippen molar-refractivity contribution in [1.29, 1.82) is 0 Å². The van der Waals surface area contributed by atoms with Gasteiger partial charge in [0.1, 0.15) is 5.76 Å². The second kappa shape index (κ2) is 7.55. The Morgan fingerprint density at radius 3 is 2.73 bits per heavy atom. The Morgan fingerprint density at radius 2 is 1.96 bits per heavy atom. The molecule has 1 aliphatic carbocycles. The highest BCUT2D eigenvalue weighted by molar-refractivity contribution is 7.88. The summed E-state index contributed by atoms with van der Waals surface area (Å²) < 4.78 is 34.9. The first-order valence-electron chi connectivity index (χ1n) is 9.10. The number of hydrogen-bond acceptors (Lipinski definition) is 4. The molecule has 0 bridgehead atoms. The highest BCUT2D eigenvalue weighted by atomic mass is 32.2. The number of sulfonamides is 1. The molecule has 2 aromatic heterocycles. The van der Waals surface area contributed by atoms with Crippen molar-refractivity contribution < 1.29 is 12.8 Å². The third-order valence-corrected chi connectivity index (χ3v) is 7.83. The van der Waals surface area contributed by atoms with E-state index in [-0.39, 0.29) is 11.8 Å². The van der Waals surface area contributed by atoms with Crippen LogP contribution in [0.2, 0.25) is 0 Å². The molecule has 6 heteroatoms. The average molecular weight is 390 g/mol. The molecule has 1 aliphatic rings. The summed E-state index contributed by atoms with van der Waals surface area (Å²) in [6.45, 7) is 0.320. The third kappa shape index (κ3) is 3.87. The zero-order chi connectivity index (χ0) is 18.0. The molecule has 2 heterocycles. The number of nitrogens with zero attached hydrogens (tertiary/aromatic N) is 1. The summed E-state index contributed by atoms with van der Waals surface area (Å²) in [5.41, 5.74) is 0.844. The van der Waals surface area contributed by atoms with E-state index in [2.05, 4.69) is 0 Å². The van der Waals surface area contributed by atoms with Gasteiger partial charge in [0.25, 0.3) is 0 Å². The van der Waals surface area contributed by atoms with Crippen LogP contribution in [0.5, 0.6) is 0 Å². The zero-order valence-electron chi connectivity index (χ0n) is 14.6. The molecule has 0 radical (unpaired) electrons. The monoisotopic (exact) mass is 389 g/mol. The van der Waals surface area contributed by atoms with E-state index in [0.717, 1.165) is 36.6 Å². The first-order chi connectivity index (χ1) is 12.6. The van der Waals surface area contributed by atoms with Gasteiger partial charge in [0.15, 0.2) is 0 Å². The lowest BCUT2D eigenvalue weighted by molar-refractivity contribution is 0.234. The van der Waals surface area contributed by atoms with Crippen molar-refractivity contribution in [3.63, 3.8) is 0 Å². The van der Waals surface area contributed by atoms with Gasteiger partial charge in [0, 0.05) is 10.7 Å². The summed E-state index contributed by atoms with van der Waals surface area (Å²) >= 11 is 1.67. The van der Waals surface area contributed by atoms with Crippen molar-refractivity contribution in [2.24, 2.45) is 0 Å². The van der Waals surface area contributed by atoms with Crippen LogP contribution in [0, 0.1) is 0 Å². The molecule has 0 aliphatic heterocycles. The van der Waals surface area contributed by atoms with Gasteiger partial charge in [-0.25, -0.2) is 8.42 Å². The molecule has 0 unspecified atom stereocenters. The van der Waals surface area contributed by atoms with Crippen LogP contribution in [0.25, 0.3) is 10.1 Å². The van der Waals surface area contributed by atoms with Crippen molar-refractivity contribution in [3.8, 4) is 0 Å². The van der Waals surface area contributed by atoms with Gasteiger partial charge >= 0.3 is 0 Å². The summed E-state index contributed by atoms with van der Waals surface area (Å²) in [6.07, 6.45) is 6.85. The highest BCUT2D eigenvalue weighted by Gasteiger charge is 2.32. The van der Waals surface area contributed by atoms with Gasteiger partial charge in [-0.1, -0.05) is 25.3 Å². The van der Waals surface area contributed by atoms with E-state index in [0.29, 0.717) is 12.3 Å². The lowest BCUT2D eigenvalue weighted by Crippen LogP contribution is -2.41. The normalized spacial score (nSPS) is 16.5. The zero-order valence-corrected chi connectivity index (χ0v) is 16.3. The van der Waals surface area contributed by atoms with E-state index in [4.69, 9.17) is 4.42 Å². The van der Waals surface area contributed by atoms with E-state index in [1.54, 1.807) is 21.9 Å². The molecule has 0 spiro atoms. The average Bonchev–Trinajstić information content (AvgIpc) is 3.31. The first kappa shape index (κ1) is 17.8. The van der Waals surface area contributed by atoms with Crippen molar-refractivity contribution in [1.82, 2.24) is 4.31 Å². The molecule has 1 fully saturated rings. The number of fused-ring (bicyclic) bond motifs is 1. The number of thiophene rings is 1. The molecule has 0 amide bonds. The minimum atomic E-state index is -3.43. The molecule has 26 heavy (non-hydrogen) atoms. The fourth-order valence-corrected chi connectivity index (χ4v) is 6.31. The van der Waals surface area contributed by atoms with E-state index >= 15 is 0 Å². The molecule has 4 rings (SSSR count). The van der Waals surface area contributed by atoms with Gasteiger partial charge in [-0.05, 0) is 59.5 Å². The summed E-state index contributed by atoms with van der Waals surface area (Å²) in [5, 5.41) is 3.15. The molecule has 1 saturated carbocycles. The van der Waals surface area contributed by atoms with Crippen LogP contribution in [-0.4, -0.2) is 18.8 Å². The Morgan fingerprint density at radius 1 is 1.12 bits per heavy atom. The lowest BCUT2D eigenvalue weighted by atomic mass is 9.95. The predicted octanol–water partition coefficient (Wildman–Crippen LogP) is 5.16. The third-order valence-electron chi connectivity index (χ3n) is 5.10. The molecular weight excluding hydrogens is 366 g/mol. The van der Waals surface area contributed by atoms with Crippen LogP contribution in [-0.2, 0) is 22.3 Å². The Hall–Kier alpha value is -1.63. The molecule has 0 N–H and O–H groups in total. The van der Waals surface area contributed by atoms with Gasteiger partial charge in [-0.2, -0.15) is 4.31 Å². The van der Waals surface area contributed by atoms with Crippen LogP contribution in [0.3, 0.4) is 0 Å². The predicted molar refractivity (Wildman–Crippen MR) is 106 cm³/mol. The smallest absolute Gasteiger partial charge is 0.218 e. The largest absolute Gasteiger partial charge is 0.468 e. The Kier molecular flexibility index (Phi) is 5.16. The summed E-state index contributed by atoms with van der Waals surface area (Å²) in [4.78, 5) is 0. The lowest BCUT2D eigenvalue weighted by Gasteiger charge is -2.33. The van der Waals surface area contributed by atoms with Crippen LogP contribution in [0.15, 0.2) is 52.5 Å². The standard InChI is InChI=1S/C20H23NO3S2/c22-26(23,15-16-8-9-20-17(13-16)10-12-25-20)21(14-19-7-4-11-24-19)18-5-2-1-3-6-18/h4,7-13,18H,1-3,5-6,14-15H2. The molecule has 1 aromatic carbocycles. The minimum absolute atomic E-state index is 0.0377. The van der Waals surface area contributed by atoms with Crippen molar-refractivity contribution in [2.75, 3.05) is 0 Å². The van der Waals surface area contributed by atoms with Gasteiger partial charge in [-0.15, -0.1) is 11.3 Å². The Balaban J connectivity index is 1.61. The van der Waals surface area contributed by atoms with E-state index in [1.807, 2.05) is 41.8 Å². The highest BCUT2D eigenvalue weighted by Crippen LogP contribution is 2.29. The quantitative estimate of drug-likeness (QED) is 0.585. The summed E-state index contributed by atoms with van der Waals surface area (Å²) in [6, 6.07) is 11.7. The maximum Gasteiger partial charge on any atom is 0.218 e. The number of benzene rings is 1. The number of hydrogen-bond donors (Lipinski definition) is 0. The molecule has 3 aromatic rings. The van der Waals surface area contributed by atoms with Crippen molar-refractivity contribution in [3.05, 3.63) is 59.4 Å². The maximum absolute atomic E-state index is 13.3. The van der Waals surface area contributed by atoms with Gasteiger partial charge in [-0.3, -0.25) is 0 Å². The second-order valence-electron chi connectivity index (χ2n) is 6.97. The summed E-state index contributed by atoms with van der Waals surface area (Å²) in [5.74, 6) is 0.739. The maximum atomic E-state index is 13.3. The fraction of sp³-hybridized carbons (Fsp3) is 0.400. The molecular formula is C20H23NO3S2. The first-order valence-corrected chi connectivity index (χ1v) is 11.6. The molecule has 0 atom stereocenters. The summed E-state index contributed by atoms with van der Waals surface area (Å²) in [7, 11) is -3.43. The van der Waals surface area contributed by atoms with Crippen LogP contribution < -0.4 is 0 Å². The van der Waals surface area contributed by atoms with Gasteiger partial charge < -0.3 is 4.42 Å². The SMILES string of the molecule is O=S(=O)(Cc1ccc2sccc2c1)N(Cc1ccco1)C1CCCCC1. The Labute approximate surface area is 158 Å². The van der Waals surface area contributed by atoms with Crippen molar-refractivity contribution in [2.45, 2.75) is 50.4 Å². The van der Waals surface area contributed by atoms with E-state index in [1.165, 1.54) is 11.1 Å². The van der Waals surface area contributed by atoms with Gasteiger partial charge in [0.05, 0.1) is 18.6 Å². The van der Waals surface area contributed by atoms with Gasteiger partial charge in [0.2, 0.25) is 10.0 Å². The molecule has 4 nitrogen and oxygen atoms in total.